The number of Topliss-reactive ketones (excluding diaryl/α,β-unsaturated/α-hetero) is 1. The molecule has 18 nitrogen and oxygen atoms in total. The third kappa shape index (κ3) is 8.09. The van der Waals surface area contributed by atoms with Crippen molar-refractivity contribution in [1.82, 2.24) is 0 Å². The van der Waals surface area contributed by atoms with E-state index in [-0.39, 0.29) is 41.1 Å². The van der Waals surface area contributed by atoms with Gasteiger partial charge in [-0.3, -0.25) is 19.2 Å². The Bertz CT molecular complexity index is 2690. The van der Waals surface area contributed by atoms with Crippen molar-refractivity contribution in [3.63, 3.8) is 0 Å². The van der Waals surface area contributed by atoms with Crippen LogP contribution in [0.1, 0.15) is 81.2 Å². The smallest absolute Gasteiger partial charge is 0.497 e. The molecule has 2 heterocycles. The molecule has 69 heavy (non-hydrogen) atoms. The highest BCUT2D eigenvalue weighted by atomic mass is 16.8. The molecular formula is C51H50O18. The molecule has 1 spiro atoms. The minimum absolute atomic E-state index is 0.0278. The van der Waals surface area contributed by atoms with E-state index in [1.54, 1.807) is 62.4 Å². The van der Waals surface area contributed by atoms with Gasteiger partial charge in [0.25, 0.3) is 0 Å². The fourth-order valence-corrected chi connectivity index (χ4v) is 11.0. The number of esters is 6. The molecule has 362 valence electrons. The maximum Gasteiger partial charge on any atom is 0.509 e. The van der Waals surface area contributed by atoms with E-state index in [0.29, 0.717) is 11.3 Å². The average molecular weight is 951 g/mol. The van der Waals surface area contributed by atoms with Crippen LogP contribution in [0.15, 0.2) is 96.1 Å². The Morgan fingerprint density at radius 3 is 2.06 bits per heavy atom. The Hall–Kier alpha value is -7.34. The number of ketones is 1. The third-order valence-electron chi connectivity index (χ3n) is 14.0. The number of benzene rings is 3. The first-order valence-electron chi connectivity index (χ1n) is 22.1. The van der Waals surface area contributed by atoms with Crippen LogP contribution in [0.2, 0.25) is 0 Å². The van der Waals surface area contributed by atoms with Gasteiger partial charge in [-0.1, -0.05) is 50.2 Å². The summed E-state index contributed by atoms with van der Waals surface area (Å²) in [5, 5.41) is 0. The van der Waals surface area contributed by atoms with Crippen LogP contribution in [-0.2, 0) is 61.9 Å². The molecule has 2 bridgehead atoms. The van der Waals surface area contributed by atoms with Crippen LogP contribution >= 0.6 is 0 Å². The zero-order chi connectivity index (χ0) is 49.8. The fraction of sp³-hybridized carbons (Fsp3) is 0.412. The molecule has 5 aliphatic rings. The zero-order valence-electron chi connectivity index (χ0n) is 39.0. The molecule has 2 saturated heterocycles. The standard InChI is InChI=1S/C51H50O18/c1-26-38-40(63-28(3)53)42(56)49(7)35(65-37(55)22-19-30-17-20-33(21-18-30)64-46(58)32-15-12-16-34(23-32)60-8)24-36-50(25-61-36,68-29(4)54)41(49)44(66-45(57)31-13-10-9-11-14-31)51(48(38,5)6)43(67-47(59)69-51)39(26)62-27(2)52/h9-23,35-36,39-41,43-44H,24-25H2,1-8H3/b22-19+/t35-,36+,39+,40+,41-,43-,44-,49+,50-,51+/m0/s1. The molecule has 2 aliphatic heterocycles. The lowest BCUT2D eigenvalue weighted by Gasteiger charge is -2.67. The van der Waals surface area contributed by atoms with Crippen LogP contribution in [0.4, 0.5) is 4.79 Å². The van der Waals surface area contributed by atoms with E-state index < -0.39 is 112 Å². The monoisotopic (exact) mass is 950 g/mol. The van der Waals surface area contributed by atoms with Gasteiger partial charge in [-0.2, -0.15) is 0 Å². The molecule has 3 aromatic carbocycles. The number of carbonyl (C=O) groups is 8. The Kier molecular flexibility index (Phi) is 12.5. The lowest BCUT2D eigenvalue weighted by atomic mass is 9.44. The second-order valence-corrected chi connectivity index (χ2v) is 18.3. The van der Waals surface area contributed by atoms with Gasteiger partial charge in [0, 0.05) is 38.7 Å². The van der Waals surface area contributed by atoms with Gasteiger partial charge in [0.2, 0.25) is 5.60 Å². The van der Waals surface area contributed by atoms with Crippen molar-refractivity contribution in [2.24, 2.45) is 16.7 Å². The largest absolute Gasteiger partial charge is 0.509 e. The van der Waals surface area contributed by atoms with Crippen LogP contribution in [0.25, 0.3) is 6.08 Å². The van der Waals surface area contributed by atoms with Crippen molar-refractivity contribution in [2.75, 3.05) is 13.7 Å². The molecule has 4 fully saturated rings. The van der Waals surface area contributed by atoms with Gasteiger partial charge >= 0.3 is 42.0 Å². The highest BCUT2D eigenvalue weighted by Gasteiger charge is 2.83. The van der Waals surface area contributed by atoms with Crippen LogP contribution < -0.4 is 9.47 Å². The summed E-state index contributed by atoms with van der Waals surface area (Å²) in [6, 6.07) is 20.4. The maximum atomic E-state index is 16.1. The number of fused-ring (bicyclic) bond motifs is 4. The molecule has 0 amide bonds. The number of methoxy groups -OCH3 is 1. The van der Waals surface area contributed by atoms with E-state index >= 15 is 4.79 Å². The van der Waals surface area contributed by atoms with Gasteiger partial charge in [-0.05, 0) is 79.1 Å². The second kappa shape index (κ2) is 18.0. The molecule has 0 radical (unpaired) electrons. The first kappa shape index (κ1) is 48.1. The van der Waals surface area contributed by atoms with Crippen molar-refractivity contribution in [3.8, 4) is 11.5 Å². The third-order valence-corrected chi connectivity index (χ3v) is 14.0. The molecule has 3 aromatic rings. The topological polar surface area (TPSA) is 229 Å². The van der Waals surface area contributed by atoms with Crippen LogP contribution in [0.5, 0.6) is 11.5 Å². The van der Waals surface area contributed by atoms with Crippen LogP contribution in [0.3, 0.4) is 0 Å². The summed E-state index contributed by atoms with van der Waals surface area (Å²) in [5.74, 6) is -6.94. The Morgan fingerprint density at radius 1 is 0.754 bits per heavy atom. The van der Waals surface area contributed by atoms with Crippen LogP contribution in [-0.4, -0.2) is 109 Å². The van der Waals surface area contributed by atoms with Gasteiger partial charge in [0.05, 0.1) is 36.2 Å². The molecule has 2 saturated carbocycles. The van der Waals surface area contributed by atoms with E-state index in [0.717, 1.165) is 26.8 Å². The molecule has 0 unspecified atom stereocenters. The summed E-state index contributed by atoms with van der Waals surface area (Å²) in [7, 11) is 1.48. The second-order valence-electron chi connectivity index (χ2n) is 18.3. The summed E-state index contributed by atoms with van der Waals surface area (Å²) in [5.41, 5.74) is -7.04. The van der Waals surface area contributed by atoms with Gasteiger partial charge in [-0.25, -0.2) is 19.2 Å². The Balaban J connectivity index is 1.25. The molecule has 3 aliphatic carbocycles. The highest BCUT2D eigenvalue weighted by Crippen LogP contribution is 2.67. The SMILES string of the molecule is COc1cccc(C(=O)Oc2ccc(/C=C/C(=O)O[C@H]3C[C@H]4OC[C@@]4(OC(C)=O)[C@H]4[C@H](OC(=O)c5ccccc5)[C@]56OC(=O)O[C@H]5[C@H](OC(C)=O)C(C)=C([C@@H](OC(C)=O)C(=O)[C@]34C)C6(C)C)cc2)c1. The van der Waals surface area contributed by atoms with Crippen molar-refractivity contribution >= 4 is 53.8 Å². The lowest BCUT2D eigenvalue weighted by Crippen LogP contribution is -2.83. The molecule has 0 N–H and O–H groups in total. The zero-order valence-corrected chi connectivity index (χ0v) is 39.0. The lowest BCUT2D eigenvalue weighted by molar-refractivity contribution is -0.346. The van der Waals surface area contributed by atoms with E-state index in [1.165, 1.54) is 57.4 Å². The molecule has 0 aromatic heterocycles. The fourth-order valence-electron chi connectivity index (χ4n) is 11.0. The van der Waals surface area contributed by atoms with Crippen molar-refractivity contribution in [3.05, 3.63) is 113 Å². The van der Waals surface area contributed by atoms with Gasteiger partial charge in [0.15, 0.2) is 35.8 Å². The summed E-state index contributed by atoms with van der Waals surface area (Å²) in [6.45, 7) is 9.06. The summed E-state index contributed by atoms with van der Waals surface area (Å²) >= 11 is 0. The van der Waals surface area contributed by atoms with Gasteiger partial charge in [0.1, 0.15) is 23.7 Å². The number of ether oxygens (including phenoxy) is 10. The van der Waals surface area contributed by atoms with Crippen molar-refractivity contribution < 1.29 is 85.7 Å². The molecular weight excluding hydrogens is 901 g/mol. The predicted octanol–water partition coefficient (Wildman–Crippen LogP) is 5.87. The van der Waals surface area contributed by atoms with Gasteiger partial charge in [-0.15, -0.1) is 0 Å². The maximum absolute atomic E-state index is 16.1. The molecule has 10 atom stereocenters. The molecule has 18 heteroatoms. The van der Waals surface area contributed by atoms with Gasteiger partial charge < -0.3 is 47.4 Å². The van der Waals surface area contributed by atoms with E-state index in [1.807, 2.05) is 0 Å². The quantitative estimate of drug-likeness (QED) is 0.0720. The molecule has 8 rings (SSSR count). The Morgan fingerprint density at radius 2 is 1.43 bits per heavy atom. The number of hydrogen-bond donors (Lipinski definition) is 0. The van der Waals surface area contributed by atoms with Crippen molar-refractivity contribution in [1.29, 1.82) is 0 Å². The minimum Gasteiger partial charge on any atom is -0.497 e. The normalized spacial score (nSPS) is 30.5. The number of hydrogen-bond acceptors (Lipinski definition) is 18. The van der Waals surface area contributed by atoms with E-state index in [4.69, 9.17) is 47.4 Å². The van der Waals surface area contributed by atoms with Crippen molar-refractivity contribution in [2.45, 2.75) is 103 Å². The Labute approximate surface area is 396 Å². The summed E-state index contributed by atoms with van der Waals surface area (Å²) in [6.07, 6.45) is -8.49. The van der Waals surface area contributed by atoms with Crippen LogP contribution in [0, 0.1) is 16.7 Å². The van der Waals surface area contributed by atoms with E-state index in [2.05, 4.69) is 0 Å². The summed E-state index contributed by atoms with van der Waals surface area (Å²) < 4.78 is 59.9. The van der Waals surface area contributed by atoms with E-state index in [9.17, 15) is 33.6 Å². The number of rotatable bonds is 11. The predicted molar refractivity (Wildman–Crippen MR) is 236 cm³/mol. The first-order valence-corrected chi connectivity index (χ1v) is 22.1. The summed E-state index contributed by atoms with van der Waals surface area (Å²) in [4.78, 5) is 111. The number of carbonyl (C=O) groups excluding carboxylic acids is 8. The highest BCUT2D eigenvalue weighted by molar-refractivity contribution is 5.97. The first-order chi connectivity index (χ1) is 32.7. The average Bonchev–Trinajstić information content (AvgIpc) is 3.67. The minimum atomic E-state index is -2.28.